The molecule has 5 nitrogen and oxygen atoms in total. The summed E-state index contributed by atoms with van der Waals surface area (Å²) >= 11 is 0. The van der Waals surface area contributed by atoms with Gasteiger partial charge >= 0.3 is 0 Å². The van der Waals surface area contributed by atoms with Crippen LogP contribution in [0.4, 0.5) is 0 Å². The largest absolute Gasteiger partial charge is 0.391 e. The molecule has 2 N–H and O–H groups in total. The van der Waals surface area contributed by atoms with Crippen molar-refractivity contribution >= 4 is 10.2 Å². The molecule has 116 valence electrons. The molecule has 1 aliphatic heterocycles. The Bertz CT molecular complexity index is 609. The Balaban J connectivity index is 1.77. The van der Waals surface area contributed by atoms with Crippen LogP contribution in [0.3, 0.4) is 0 Å². The van der Waals surface area contributed by atoms with E-state index in [0.29, 0.717) is 25.4 Å². The van der Waals surface area contributed by atoms with Crippen molar-refractivity contribution in [3.05, 3.63) is 35.4 Å². The van der Waals surface area contributed by atoms with Gasteiger partial charge in [-0.1, -0.05) is 31.2 Å². The van der Waals surface area contributed by atoms with Gasteiger partial charge in [0.05, 0.1) is 12.1 Å². The molecule has 0 aromatic heterocycles. The molecule has 2 aliphatic rings. The van der Waals surface area contributed by atoms with Gasteiger partial charge in [0.2, 0.25) is 0 Å². The lowest BCUT2D eigenvalue weighted by Gasteiger charge is -2.31. The van der Waals surface area contributed by atoms with Gasteiger partial charge in [-0.3, -0.25) is 0 Å². The SMILES string of the molecule is CC1CCN(S(=O)(=O)N[C@H]2c3ccccc3C[C@H]2O)CC1. The smallest absolute Gasteiger partial charge is 0.280 e. The molecule has 1 fully saturated rings. The first-order valence-corrected chi connectivity index (χ1v) is 8.94. The van der Waals surface area contributed by atoms with E-state index in [1.54, 1.807) is 0 Å². The maximum atomic E-state index is 12.5. The average Bonchev–Trinajstić information content (AvgIpc) is 2.75. The molecular formula is C15H22N2O3S. The van der Waals surface area contributed by atoms with Crippen LogP contribution in [-0.4, -0.2) is 37.0 Å². The van der Waals surface area contributed by atoms with E-state index in [1.807, 2.05) is 24.3 Å². The molecule has 6 heteroatoms. The highest BCUT2D eigenvalue weighted by Gasteiger charge is 2.36. The van der Waals surface area contributed by atoms with E-state index >= 15 is 0 Å². The lowest BCUT2D eigenvalue weighted by molar-refractivity contribution is 0.150. The molecule has 0 radical (unpaired) electrons. The second-order valence-corrected chi connectivity index (χ2v) is 7.85. The molecule has 1 heterocycles. The normalized spacial score (nSPS) is 27.7. The number of fused-ring (bicyclic) bond motifs is 1. The zero-order valence-electron chi connectivity index (χ0n) is 12.2. The van der Waals surface area contributed by atoms with Crippen LogP contribution in [0.15, 0.2) is 24.3 Å². The Labute approximate surface area is 126 Å². The van der Waals surface area contributed by atoms with Crippen LogP contribution < -0.4 is 4.72 Å². The van der Waals surface area contributed by atoms with Gasteiger partial charge in [0, 0.05) is 19.5 Å². The maximum Gasteiger partial charge on any atom is 0.280 e. The molecule has 21 heavy (non-hydrogen) atoms. The van der Waals surface area contributed by atoms with E-state index in [-0.39, 0.29) is 0 Å². The van der Waals surface area contributed by atoms with Gasteiger partial charge in [0.1, 0.15) is 0 Å². The van der Waals surface area contributed by atoms with E-state index in [9.17, 15) is 13.5 Å². The van der Waals surface area contributed by atoms with Crippen LogP contribution in [0.5, 0.6) is 0 Å². The van der Waals surface area contributed by atoms with Crippen molar-refractivity contribution in [2.24, 2.45) is 5.92 Å². The highest BCUT2D eigenvalue weighted by molar-refractivity contribution is 7.87. The van der Waals surface area contributed by atoms with Gasteiger partial charge in [0.15, 0.2) is 0 Å². The van der Waals surface area contributed by atoms with Crippen LogP contribution in [-0.2, 0) is 16.6 Å². The first-order chi connectivity index (χ1) is 9.97. The molecule has 0 amide bonds. The number of nitrogens with one attached hydrogen (secondary N) is 1. The first kappa shape index (κ1) is 15.0. The van der Waals surface area contributed by atoms with Crippen molar-refractivity contribution in [3.8, 4) is 0 Å². The van der Waals surface area contributed by atoms with Crippen molar-refractivity contribution in [1.29, 1.82) is 0 Å². The Morgan fingerprint density at radius 1 is 1.24 bits per heavy atom. The van der Waals surface area contributed by atoms with Crippen molar-refractivity contribution in [3.63, 3.8) is 0 Å². The monoisotopic (exact) mass is 310 g/mol. The number of hydrogen-bond acceptors (Lipinski definition) is 3. The fourth-order valence-corrected chi connectivity index (χ4v) is 4.62. The molecule has 3 rings (SSSR count). The summed E-state index contributed by atoms with van der Waals surface area (Å²) in [6, 6.07) is 7.08. The molecule has 1 aromatic rings. The van der Waals surface area contributed by atoms with Crippen LogP contribution in [0.25, 0.3) is 0 Å². The minimum absolute atomic E-state index is 0.500. The van der Waals surface area contributed by atoms with Gasteiger partial charge in [-0.25, -0.2) is 0 Å². The number of nitrogens with zero attached hydrogens (tertiary/aromatic N) is 1. The van der Waals surface area contributed by atoms with Crippen molar-refractivity contribution < 1.29 is 13.5 Å². The van der Waals surface area contributed by atoms with Crippen molar-refractivity contribution in [1.82, 2.24) is 9.03 Å². The van der Waals surface area contributed by atoms with Crippen LogP contribution >= 0.6 is 0 Å². The van der Waals surface area contributed by atoms with Gasteiger partial charge in [-0.15, -0.1) is 0 Å². The van der Waals surface area contributed by atoms with Crippen LogP contribution in [0, 0.1) is 5.92 Å². The standard InChI is InChI=1S/C15H22N2O3S/c1-11-6-8-17(9-7-11)21(19,20)16-15-13-5-3-2-4-12(13)10-14(15)18/h2-5,11,14-16,18H,6-10H2,1H3/t14-,15+/m1/s1. The summed E-state index contributed by atoms with van der Waals surface area (Å²) in [7, 11) is -3.54. The number of rotatable bonds is 3. The van der Waals surface area contributed by atoms with Crippen LogP contribution in [0.1, 0.15) is 36.9 Å². The maximum absolute atomic E-state index is 12.5. The lowest BCUT2D eigenvalue weighted by atomic mass is 10.0. The first-order valence-electron chi connectivity index (χ1n) is 7.50. The summed E-state index contributed by atoms with van der Waals surface area (Å²) in [5.74, 6) is 0.578. The third kappa shape index (κ3) is 2.99. The molecule has 0 unspecified atom stereocenters. The zero-order valence-corrected chi connectivity index (χ0v) is 13.0. The molecular weight excluding hydrogens is 288 g/mol. The summed E-state index contributed by atoms with van der Waals surface area (Å²) in [6.45, 7) is 3.26. The summed E-state index contributed by atoms with van der Waals surface area (Å²) < 4.78 is 29.2. The second-order valence-electron chi connectivity index (χ2n) is 6.15. The van der Waals surface area contributed by atoms with Gasteiger partial charge in [0.25, 0.3) is 10.2 Å². The number of hydrogen-bond donors (Lipinski definition) is 2. The van der Waals surface area contributed by atoms with Gasteiger partial charge < -0.3 is 5.11 Å². The van der Waals surface area contributed by atoms with E-state index in [4.69, 9.17) is 0 Å². The average molecular weight is 310 g/mol. The van der Waals surface area contributed by atoms with Gasteiger partial charge in [-0.2, -0.15) is 17.4 Å². The molecule has 1 saturated heterocycles. The van der Waals surface area contributed by atoms with Crippen LogP contribution in [0.2, 0.25) is 0 Å². The van der Waals surface area contributed by atoms with Gasteiger partial charge in [-0.05, 0) is 29.9 Å². The molecule has 0 saturated carbocycles. The van der Waals surface area contributed by atoms with Crippen molar-refractivity contribution in [2.75, 3.05) is 13.1 Å². The highest BCUT2D eigenvalue weighted by Crippen LogP contribution is 2.32. The Kier molecular flexibility index (Phi) is 4.05. The Morgan fingerprint density at radius 2 is 1.90 bits per heavy atom. The summed E-state index contributed by atoms with van der Waals surface area (Å²) in [5, 5.41) is 10.2. The fraction of sp³-hybridized carbons (Fsp3) is 0.600. The lowest BCUT2D eigenvalue weighted by Crippen LogP contribution is -2.47. The molecule has 2 atom stereocenters. The van der Waals surface area contributed by atoms with Crippen molar-refractivity contribution in [2.45, 2.75) is 38.3 Å². The molecule has 0 spiro atoms. The topological polar surface area (TPSA) is 69.6 Å². The third-order valence-corrected chi connectivity index (χ3v) is 6.16. The predicted octanol–water partition coefficient (Wildman–Crippen LogP) is 1.21. The van der Waals surface area contributed by atoms with E-state index in [1.165, 1.54) is 4.31 Å². The fourth-order valence-electron chi connectivity index (χ4n) is 3.18. The summed E-state index contributed by atoms with van der Waals surface area (Å²) in [5.41, 5.74) is 1.91. The quantitative estimate of drug-likeness (QED) is 0.882. The van der Waals surface area contributed by atoms with E-state index in [2.05, 4.69) is 11.6 Å². The predicted molar refractivity (Wildman–Crippen MR) is 80.9 cm³/mol. The minimum Gasteiger partial charge on any atom is -0.391 e. The molecule has 1 aliphatic carbocycles. The zero-order chi connectivity index (χ0) is 15.0. The second kappa shape index (κ2) is 5.68. The molecule has 0 bridgehead atoms. The number of aliphatic hydroxyl groups excluding tert-OH is 1. The van der Waals surface area contributed by atoms with E-state index < -0.39 is 22.4 Å². The summed E-state index contributed by atoms with van der Waals surface area (Å²) in [6.07, 6.45) is 1.59. The highest BCUT2D eigenvalue weighted by atomic mass is 32.2. The van der Waals surface area contributed by atoms with E-state index in [0.717, 1.165) is 24.0 Å². The number of benzene rings is 1. The Morgan fingerprint density at radius 3 is 2.62 bits per heavy atom. The number of piperidine rings is 1. The third-order valence-electron chi connectivity index (χ3n) is 4.56. The summed E-state index contributed by atoms with van der Waals surface area (Å²) in [4.78, 5) is 0. The number of aliphatic hydroxyl groups is 1. The Hall–Kier alpha value is -0.950. The molecule has 1 aromatic carbocycles. The minimum atomic E-state index is -3.54.